The maximum atomic E-state index is 13.8. The normalized spacial score (nSPS) is 18.2. The van der Waals surface area contributed by atoms with Crippen LogP contribution < -0.4 is 21.3 Å². The molecule has 0 bridgehead atoms. The lowest BCUT2D eigenvalue weighted by atomic mass is 9.88. The number of hydrogen-bond donors (Lipinski definition) is 3. The molecular formula is C45H61N11O4S. The highest BCUT2D eigenvalue weighted by Crippen LogP contribution is 2.34. The third-order valence-electron chi connectivity index (χ3n) is 11.5. The molecule has 3 fully saturated rings. The van der Waals surface area contributed by atoms with Gasteiger partial charge in [-0.15, -0.1) is 0 Å². The number of aryl methyl sites for hydroxylation is 1. The van der Waals surface area contributed by atoms with E-state index in [1.54, 1.807) is 17.9 Å². The number of fused-ring (bicyclic) bond motifs is 1. The molecule has 1 saturated carbocycles. The number of nitriles is 1. The van der Waals surface area contributed by atoms with E-state index in [0.29, 0.717) is 64.9 Å². The van der Waals surface area contributed by atoms with Gasteiger partial charge in [-0.2, -0.15) is 10.4 Å². The predicted molar refractivity (Wildman–Crippen MR) is 243 cm³/mol. The largest absolute Gasteiger partial charge is 0.341 e. The van der Waals surface area contributed by atoms with Gasteiger partial charge in [0.15, 0.2) is 5.82 Å². The number of nitrogens with two attached hydrogens (primary N) is 1. The first-order valence-corrected chi connectivity index (χ1v) is 22.3. The van der Waals surface area contributed by atoms with Crippen molar-refractivity contribution in [3.63, 3.8) is 0 Å². The summed E-state index contributed by atoms with van der Waals surface area (Å²) in [6, 6.07) is 14.1. The summed E-state index contributed by atoms with van der Waals surface area (Å²) >= 11 is 0. The molecule has 1 aliphatic carbocycles. The number of carbonyl (C=O) groups excluding carboxylic acids is 3. The van der Waals surface area contributed by atoms with Crippen LogP contribution in [0, 0.1) is 23.2 Å². The second kappa shape index (κ2) is 23.0. The Labute approximate surface area is 362 Å². The van der Waals surface area contributed by atoms with Crippen molar-refractivity contribution in [2.45, 2.75) is 75.1 Å². The molecule has 16 heteroatoms. The van der Waals surface area contributed by atoms with Crippen LogP contribution in [0.4, 0.5) is 10.6 Å². The Hall–Kier alpha value is -5.34. The van der Waals surface area contributed by atoms with E-state index in [2.05, 4.69) is 69.3 Å². The van der Waals surface area contributed by atoms with Crippen LogP contribution >= 0.6 is 0 Å². The zero-order chi connectivity index (χ0) is 43.9. The highest BCUT2D eigenvalue weighted by molar-refractivity contribution is 7.82. The zero-order valence-electron chi connectivity index (χ0n) is 36.0. The number of urea groups is 1. The number of carbonyl (C=O) groups is 3. The summed E-state index contributed by atoms with van der Waals surface area (Å²) in [4.78, 5) is 48.3. The van der Waals surface area contributed by atoms with Gasteiger partial charge in [0, 0.05) is 63.9 Å². The number of likely N-dealkylation sites (tertiary alicyclic amines) is 1. The Kier molecular flexibility index (Phi) is 17.6. The third kappa shape index (κ3) is 12.4. The number of aldehydes is 1. The van der Waals surface area contributed by atoms with E-state index in [0.717, 1.165) is 74.5 Å². The second-order valence-electron chi connectivity index (χ2n) is 15.8. The molecule has 6 rings (SSSR count). The van der Waals surface area contributed by atoms with Crippen LogP contribution in [-0.4, -0.2) is 114 Å². The summed E-state index contributed by atoms with van der Waals surface area (Å²) in [5.74, 6) is 2.18. The molecule has 3 amide bonds. The maximum Gasteiger partial charge on any atom is 0.322 e. The standard InChI is InChI=1S/C44H56N10O4S.CH5N/c1-31(29-52-19-14-33(15-20-52)34-11-13-40-41(26-34)51(4)50-43(40)54(18-5-23-55)44(57)47-3)24-37-25-39(12-10-35(37)27-45)59(58)53-21-16-38(17-22-53)48-28-36(9-8-32-6-7-32)42(46-2)49-30-56;1-2/h8-13,23,25-26,28,30-33,38H,2,5-7,14-22,24,29H2,1,3-4H3,(H,47,57)(H,49,56);2H2,1H3/b9-8-,42-36+,48-28?;. The molecular weight excluding hydrogens is 791 g/mol. The van der Waals surface area contributed by atoms with E-state index in [-0.39, 0.29) is 25.0 Å². The van der Waals surface area contributed by atoms with E-state index in [1.165, 1.54) is 30.4 Å². The topological polar surface area (TPSA) is 194 Å². The SMILES string of the molecule is C=N/C(NC=O)=C(C=NC1CCN(S(=O)c2ccc(C#N)c(CC(C)CN3CCC(c4ccc5c(N(CCC=O)C(=O)NC)nn(C)c5c4)CC3)c2)CC1)/C=C\C1CC1.CN. The van der Waals surface area contributed by atoms with Crippen LogP contribution in [0.25, 0.3) is 10.9 Å². The summed E-state index contributed by atoms with van der Waals surface area (Å²) in [7, 11) is 3.59. The van der Waals surface area contributed by atoms with E-state index in [9.17, 15) is 23.9 Å². The Morgan fingerprint density at radius 1 is 1.10 bits per heavy atom. The van der Waals surface area contributed by atoms with Crippen LogP contribution in [0.2, 0.25) is 0 Å². The molecule has 2 aliphatic heterocycles. The Morgan fingerprint density at radius 3 is 2.48 bits per heavy atom. The van der Waals surface area contributed by atoms with Gasteiger partial charge in [0.2, 0.25) is 6.41 Å². The fourth-order valence-corrected chi connectivity index (χ4v) is 9.36. The molecule has 2 unspecified atom stereocenters. The summed E-state index contributed by atoms with van der Waals surface area (Å²) in [5, 5.41) is 20.8. The third-order valence-corrected chi connectivity index (χ3v) is 13.0. The molecule has 2 saturated heterocycles. The number of aromatic nitrogens is 2. The average molecular weight is 852 g/mol. The van der Waals surface area contributed by atoms with Gasteiger partial charge in [0.25, 0.3) is 0 Å². The number of nitrogens with one attached hydrogen (secondary N) is 2. The van der Waals surface area contributed by atoms with Crippen molar-refractivity contribution in [3.05, 3.63) is 76.6 Å². The number of aliphatic imine (C=N–C) groups is 2. The van der Waals surface area contributed by atoms with Crippen molar-refractivity contribution in [2.24, 2.45) is 34.6 Å². The smallest absolute Gasteiger partial charge is 0.322 e. The van der Waals surface area contributed by atoms with Crippen LogP contribution in [0.15, 0.2) is 74.8 Å². The zero-order valence-corrected chi connectivity index (χ0v) is 36.8. The van der Waals surface area contributed by atoms with Crippen molar-refractivity contribution in [3.8, 4) is 6.07 Å². The van der Waals surface area contributed by atoms with Gasteiger partial charge in [-0.25, -0.2) is 18.3 Å². The monoisotopic (exact) mass is 851 g/mol. The first-order valence-electron chi connectivity index (χ1n) is 21.2. The molecule has 15 nitrogen and oxygen atoms in total. The van der Waals surface area contributed by atoms with Gasteiger partial charge in [0.05, 0.1) is 28.1 Å². The Morgan fingerprint density at radius 2 is 1.84 bits per heavy atom. The van der Waals surface area contributed by atoms with Crippen molar-refractivity contribution < 1.29 is 18.6 Å². The molecule has 0 radical (unpaired) electrons. The van der Waals surface area contributed by atoms with E-state index in [1.807, 2.05) is 41.7 Å². The molecule has 4 N–H and O–H groups in total. The quantitative estimate of drug-likeness (QED) is 0.0905. The molecule has 0 spiro atoms. The van der Waals surface area contributed by atoms with Crippen molar-refractivity contribution in [1.29, 1.82) is 5.26 Å². The molecule has 61 heavy (non-hydrogen) atoms. The number of nitrogens with zero attached hydrogens (tertiary/aromatic N) is 8. The average Bonchev–Trinajstić information content (AvgIpc) is 4.07. The fourth-order valence-electron chi connectivity index (χ4n) is 8.09. The first kappa shape index (κ1) is 46.7. The van der Waals surface area contributed by atoms with Gasteiger partial charge in [0.1, 0.15) is 23.1 Å². The highest BCUT2D eigenvalue weighted by Gasteiger charge is 2.27. The predicted octanol–water partition coefficient (Wildman–Crippen LogP) is 5.00. The number of amides is 3. The number of hydrogen-bond acceptors (Lipinski definition) is 10. The Bertz CT molecular complexity index is 2160. The molecule has 1 aromatic heterocycles. The van der Waals surface area contributed by atoms with Crippen LogP contribution in [0.5, 0.6) is 0 Å². The molecule has 2 atom stereocenters. The fraction of sp³-hybridized carbons (Fsp3) is 0.489. The summed E-state index contributed by atoms with van der Waals surface area (Å²) in [5.41, 5.74) is 8.97. The molecule has 3 heterocycles. The van der Waals surface area contributed by atoms with E-state index < -0.39 is 11.0 Å². The highest BCUT2D eigenvalue weighted by atomic mass is 32.2. The lowest BCUT2D eigenvalue weighted by Crippen LogP contribution is -2.39. The van der Waals surface area contributed by atoms with Crippen LogP contribution in [-0.2, 0) is 34.0 Å². The van der Waals surface area contributed by atoms with Crippen molar-refractivity contribution >= 4 is 59.4 Å². The van der Waals surface area contributed by atoms with Crippen molar-refractivity contribution in [2.75, 3.05) is 58.3 Å². The lowest BCUT2D eigenvalue weighted by Gasteiger charge is -2.34. The van der Waals surface area contributed by atoms with Gasteiger partial charge in [-0.05, 0) is 131 Å². The number of rotatable bonds is 18. The summed E-state index contributed by atoms with van der Waals surface area (Å²) < 4.78 is 17.6. The Balaban J connectivity index is 0.00000347. The number of anilines is 1. The van der Waals surface area contributed by atoms with Crippen molar-refractivity contribution in [1.82, 2.24) is 29.6 Å². The van der Waals surface area contributed by atoms with Gasteiger partial charge in [-0.1, -0.05) is 25.1 Å². The molecule has 3 aromatic rings. The lowest BCUT2D eigenvalue weighted by molar-refractivity contribution is -0.109. The van der Waals surface area contributed by atoms with Gasteiger partial charge >= 0.3 is 6.03 Å². The number of piperidine rings is 2. The maximum absolute atomic E-state index is 13.8. The summed E-state index contributed by atoms with van der Waals surface area (Å²) in [6.45, 7) is 10.2. The van der Waals surface area contributed by atoms with E-state index in [4.69, 9.17) is 4.99 Å². The molecule has 2 aromatic carbocycles. The minimum atomic E-state index is -1.36. The van der Waals surface area contributed by atoms with Crippen LogP contribution in [0.3, 0.4) is 0 Å². The number of allylic oxidation sites excluding steroid dienone is 3. The molecule has 326 valence electrons. The van der Waals surface area contributed by atoms with Gasteiger partial charge in [-0.3, -0.25) is 19.4 Å². The van der Waals surface area contributed by atoms with Crippen LogP contribution in [0.1, 0.15) is 74.5 Å². The van der Waals surface area contributed by atoms with Gasteiger partial charge < -0.3 is 26.1 Å². The first-order chi connectivity index (χ1) is 29.7. The second-order valence-corrected chi connectivity index (χ2v) is 17.3. The molecule has 3 aliphatic rings. The summed E-state index contributed by atoms with van der Waals surface area (Å²) in [6.07, 6.45) is 14.0. The minimum absolute atomic E-state index is 0.0589. The number of benzene rings is 2. The minimum Gasteiger partial charge on any atom is -0.341 e. The van der Waals surface area contributed by atoms with E-state index >= 15 is 0 Å².